The molecule has 88 valence electrons. The smallest absolute Gasteiger partial charge is 0.170 e. The van der Waals surface area contributed by atoms with Crippen molar-refractivity contribution < 1.29 is 4.79 Å². The van der Waals surface area contributed by atoms with Crippen LogP contribution in [0.15, 0.2) is 0 Å². The van der Waals surface area contributed by atoms with Crippen LogP contribution in [-0.4, -0.2) is 34.5 Å². The fraction of sp³-hybridized carbons (Fsp3) is 0.667. The van der Waals surface area contributed by atoms with E-state index in [1.165, 1.54) is 0 Å². The summed E-state index contributed by atoms with van der Waals surface area (Å²) in [5.74, 6) is 0. The molecule has 1 N–H and O–H groups in total. The van der Waals surface area contributed by atoms with Gasteiger partial charge in [0.1, 0.15) is 5.69 Å². The largest absolute Gasteiger partial charge is 0.297 e. The first-order chi connectivity index (χ1) is 7.49. The maximum Gasteiger partial charge on any atom is 0.170 e. The maximum absolute atomic E-state index is 10.8. The number of aromatic amines is 1. The van der Waals surface area contributed by atoms with Crippen LogP contribution in [0.2, 0.25) is 0 Å². The van der Waals surface area contributed by atoms with E-state index >= 15 is 0 Å². The van der Waals surface area contributed by atoms with Crippen molar-refractivity contribution in [2.75, 3.05) is 13.1 Å². The highest BCUT2D eigenvalue weighted by atomic mass is 16.1. The summed E-state index contributed by atoms with van der Waals surface area (Å²) >= 11 is 0. The Bertz CT molecular complexity index is 389. The number of carbonyl (C=O) groups excluding carboxylic acids is 1. The third-order valence-electron chi connectivity index (χ3n) is 2.85. The molecule has 0 saturated carbocycles. The second-order valence-corrected chi connectivity index (χ2v) is 5.71. The van der Waals surface area contributed by atoms with Crippen LogP contribution in [0.25, 0.3) is 0 Å². The zero-order chi connectivity index (χ0) is 11.8. The van der Waals surface area contributed by atoms with E-state index in [-0.39, 0.29) is 0 Å². The lowest BCUT2D eigenvalue weighted by Crippen LogP contribution is -2.36. The standard InChI is InChI=1S/C12H19N3O/c1-12(2,3)8-15-5-4-9-10(6-15)13-14-11(9)7-16/h7H,4-6,8H2,1-3H3,(H,13,14). The Balaban J connectivity index is 2.10. The van der Waals surface area contributed by atoms with Crippen LogP contribution in [0.3, 0.4) is 0 Å². The molecule has 2 rings (SSSR count). The van der Waals surface area contributed by atoms with Crippen molar-refractivity contribution in [1.82, 2.24) is 15.1 Å². The maximum atomic E-state index is 10.8. The predicted octanol–water partition coefficient (Wildman–Crippen LogP) is 1.63. The van der Waals surface area contributed by atoms with Crippen LogP contribution in [0.5, 0.6) is 0 Å². The Labute approximate surface area is 96.0 Å². The van der Waals surface area contributed by atoms with Crippen LogP contribution in [-0.2, 0) is 13.0 Å². The zero-order valence-corrected chi connectivity index (χ0v) is 10.2. The molecule has 0 aliphatic carbocycles. The molecule has 0 spiro atoms. The Morgan fingerprint density at radius 1 is 1.50 bits per heavy atom. The number of hydrogen-bond donors (Lipinski definition) is 1. The van der Waals surface area contributed by atoms with Crippen molar-refractivity contribution in [3.63, 3.8) is 0 Å². The molecule has 0 unspecified atom stereocenters. The summed E-state index contributed by atoms with van der Waals surface area (Å²) < 4.78 is 0. The average Bonchev–Trinajstić information content (AvgIpc) is 2.57. The van der Waals surface area contributed by atoms with E-state index in [1.807, 2.05) is 0 Å². The predicted molar refractivity (Wildman–Crippen MR) is 62.4 cm³/mol. The van der Waals surface area contributed by atoms with E-state index in [2.05, 4.69) is 35.9 Å². The number of rotatable bonds is 2. The molecule has 1 aliphatic rings. The van der Waals surface area contributed by atoms with E-state index in [4.69, 9.17) is 0 Å². The van der Waals surface area contributed by atoms with E-state index in [0.717, 1.165) is 43.6 Å². The molecule has 1 aromatic heterocycles. The summed E-state index contributed by atoms with van der Waals surface area (Å²) in [7, 11) is 0. The summed E-state index contributed by atoms with van der Waals surface area (Å²) in [5, 5.41) is 7.00. The number of nitrogens with one attached hydrogen (secondary N) is 1. The minimum atomic E-state index is 0.311. The number of H-pyrrole nitrogens is 1. The number of aromatic nitrogens is 2. The lowest BCUT2D eigenvalue weighted by Gasteiger charge is -2.32. The van der Waals surface area contributed by atoms with E-state index < -0.39 is 0 Å². The van der Waals surface area contributed by atoms with Crippen molar-refractivity contribution >= 4 is 6.29 Å². The monoisotopic (exact) mass is 221 g/mol. The van der Waals surface area contributed by atoms with Gasteiger partial charge in [-0.2, -0.15) is 5.10 Å². The molecule has 0 fully saturated rings. The Hall–Kier alpha value is -1.16. The van der Waals surface area contributed by atoms with Gasteiger partial charge < -0.3 is 0 Å². The van der Waals surface area contributed by atoms with E-state index in [1.54, 1.807) is 0 Å². The molecule has 0 saturated heterocycles. The van der Waals surface area contributed by atoms with Gasteiger partial charge in [-0.15, -0.1) is 0 Å². The molecule has 2 heterocycles. The topological polar surface area (TPSA) is 49.0 Å². The van der Waals surface area contributed by atoms with Gasteiger partial charge in [0.15, 0.2) is 6.29 Å². The summed E-state index contributed by atoms with van der Waals surface area (Å²) in [6.07, 6.45) is 1.77. The molecule has 1 aromatic rings. The highest BCUT2D eigenvalue weighted by Crippen LogP contribution is 2.23. The Morgan fingerprint density at radius 2 is 2.25 bits per heavy atom. The minimum Gasteiger partial charge on any atom is -0.297 e. The molecular formula is C12H19N3O. The molecule has 0 radical (unpaired) electrons. The summed E-state index contributed by atoms with van der Waals surface area (Å²) in [6, 6.07) is 0. The molecule has 1 aliphatic heterocycles. The SMILES string of the molecule is CC(C)(C)CN1CCc2c(C=O)n[nH]c2C1. The zero-order valence-electron chi connectivity index (χ0n) is 10.2. The van der Waals surface area contributed by atoms with Crippen LogP contribution >= 0.6 is 0 Å². The summed E-state index contributed by atoms with van der Waals surface area (Å²) in [5.41, 5.74) is 3.12. The molecule has 0 amide bonds. The Kier molecular flexibility index (Phi) is 2.84. The van der Waals surface area contributed by atoms with Crippen molar-refractivity contribution in [2.45, 2.75) is 33.7 Å². The fourth-order valence-corrected chi connectivity index (χ4v) is 2.30. The normalized spacial score (nSPS) is 17.2. The van der Waals surface area contributed by atoms with E-state index in [0.29, 0.717) is 11.1 Å². The molecule has 4 heteroatoms. The molecule has 16 heavy (non-hydrogen) atoms. The van der Waals surface area contributed by atoms with Crippen LogP contribution in [0.4, 0.5) is 0 Å². The van der Waals surface area contributed by atoms with Gasteiger partial charge in [0.2, 0.25) is 0 Å². The minimum absolute atomic E-state index is 0.311. The number of aldehydes is 1. The van der Waals surface area contributed by atoms with Gasteiger partial charge in [-0.1, -0.05) is 20.8 Å². The first-order valence-corrected chi connectivity index (χ1v) is 5.73. The summed E-state index contributed by atoms with van der Waals surface area (Å²) in [4.78, 5) is 13.2. The molecule has 0 bridgehead atoms. The van der Waals surface area contributed by atoms with Gasteiger partial charge in [-0.25, -0.2) is 0 Å². The van der Waals surface area contributed by atoms with Crippen molar-refractivity contribution in [2.24, 2.45) is 5.41 Å². The number of nitrogens with zero attached hydrogens (tertiary/aromatic N) is 2. The molecular weight excluding hydrogens is 202 g/mol. The van der Waals surface area contributed by atoms with Crippen molar-refractivity contribution in [3.05, 3.63) is 17.0 Å². The lowest BCUT2D eigenvalue weighted by atomic mass is 9.94. The molecule has 0 atom stereocenters. The van der Waals surface area contributed by atoms with E-state index in [9.17, 15) is 4.79 Å². The van der Waals surface area contributed by atoms with Gasteiger partial charge in [0.05, 0.1) is 5.69 Å². The van der Waals surface area contributed by atoms with Crippen LogP contribution < -0.4 is 0 Å². The van der Waals surface area contributed by atoms with Crippen LogP contribution in [0, 0.1) is 5.41 Å². The number of carbonyl (C=O) groups is 1. The van der Waals surface area contributed by atoms with Crippen molar-refractivity contribution in [1.29, 1.82) is 0 Å². The Morgan fingerprint density at radius 3 is 2.88 bits per heavy atom. The lowest BCUT2D eigenvalue weighted by molar-refractivity contribution is 0.111. The van der Waals surface area contributed by atoms with Crippen molar-refractivity contribution in [3.8, 4) is 0 Å². The highest BCUT2D eigenvalue weighted by molar-refractivity contribution is 5.74. The highest BCUT2D eigenvalue weighted by Gasteiger charge is 2.24. The number of fused-ring (bicyclic) bond motifs is 1. The fourth-order valence-electron chi connectivity index (χ4n) is 2.30. The third kappa shape index (κ3) is 2.32. The van der Waals surface area contributed by atoms with Gasteiger partial charge >= 0.3 is 0 Å². The van der Waals surface area contributed by atoms with Crippen LogP contribution in [0.1, 0.15) is 42.5 Å². The quantitative estimate of drug-likeness (QED) is 0.772. The summed E-state index contributed by atoms with van der Waals surface area (Å²) in [6.45, 7) is 9.70. The first-order valence-electron chi connectivity index (χ1n) is 5.73. The van der Waals surface area contributed by atoms with Gasteiger partial charge in [0, 0.05) is 25.2 Å². The molecule has 0 aromatic carbocycles. The first kappa shape index (κ1) is 11.3. The third-order valence-corrected chi connectivity index (χ3v) is 2.85. The second kappa shape index (κ2) is 4.01. The van der Waals surface area contributed by atoms with Gasteiger partial charge in [0.25, 0.3) is 0 Å². The van der Waals surface area contributed by atoms with Gasteiger partial charge in [-0.3, -0.25) is 14.8 Å². The average molecular weight is 221 g/mol. The number of hydrogen-bond acceptors (Lipinski definition) is 3. The van der Waals surface area contributed by atoms with Gasteiger partial charge in [-0.05, 0) is 11.8 Å². The second-order valence-electron chi connectivity index (χ2n) is 5.71. The molecule has 4 nitrogen and oxygen atoms in total.